The summed E-state index contributed by atoms with van der Waals surface area (Å²) in [6, 6.07) is 18.1. The van der Waals surface area contributed by atoms with Gasteiger partial charge < -0.3 is 24.6 Å². The molecule has 3 fully saturated rings. The summed E-state index contributed by atoms with van der Waals surface area (Å²) in [7, 11) is 0. The molecule has 2 unspecified atom stereocenters. The number of halogens is 1. The number of carboxylic acid groups (broad SMARTS) is 1. The molecule has 2 aromatic carbocycles. The van der Waals surface area contributed by atoms with Crippen LogP contribution in [-0.4, -0.2) is 51.9 Å². The third-order valence-electron chi connectivity index (χ3n) is 7.45. The minimum absolute atomic E-state index is 0. The van der Waals surface area contributed by atoms with Crippen molar-refractivity contribution < 1.29 is 24.6 Å². The maximum absolute atomic E-state index is 11.3. The van der Waals surface area contributed by atoms with Crippen LogP contribution in [0.2, 0.25) is 0 Å². The summed E-state index contributed by atoms with van der Waals surface area (Å²) < 4.78 is 1.41. The molecule has 5 nitrogen and oxygen atoms in total. The fraction of sp³-hybridized carbons (Fsp3) is 0.480. The number of rotatable bonds is 3. The highest BCUT2D eigenvalue weighted by Gasteiger charge is 2.54. The summed E-state index contributed by atoms with van der Waals surface area (Å²) in [6.07, 6.45) is 7.87. The lowest BCUT2D eigenvalue weighted by molar-refractivity contribution is -0.956. The number of carboxylic acids is 1. The van der Waals surface area contributed by atoms with Crippen LogP contribution in [0.3, 0.4) is 0 Å². The van der Waals surface area contributed by atoms with Crippen molar-refractivity contribution in [3.8, 4) is 0 Å². The molecule has 3 saturated heterocycles. The highest BCUT2D eigenvalue weighted by molar-refractivity contribution is 5.85. The number of benzene rings is 2. The largest absolute Gasteiger partial charge is 0.546 e. The van der Waals surface area contributed by atoms with E-state index in [0.717, 1.165) is 24.9 Å². The lowest BCUT2D eigenvalue weighted by Gasteiger charge is -2.46. The summed E-state index contributed by atoms with van der Waals surface area (Å²) >= 11 is 0. The maximum atomic E-state index is 11.3. The average Bonchev–Trinajstić information content (AvgIpc) is 3.32. The number of quaternary nitrogens is 1. The predicted octanol–water partition coefficient (Wildman–Crippen LogP) is 2.38. The highest BCUT2D eigenvalue weighted by atomic mass is 35.5. The zero-order valence-electron chi connectivity index (χ0n) is 17.7. The number of aliphatic hydroxyl groups excluding tert-OH is 1. The molecule has 2 atom stereocenters. The molecule has 31 heavy (non-hydrogen) atoms. The van der Waals surface area contributed by atoms with E-state index in [1.54, 1.807) is 60.7 Å². The summed E-state index contributed by atoms with van der Waals surface area (Å²) in [4.78, 5) is 11.3. The van der Waals surface area contributed by atoms with Crippen LogP contribution in [0.25, 0.3) is 0 Å². The molecule has 0 aromatic heterocycles. The molecular weight excluding hydrogens is 414 g/mol. The summed E-state index contributed by atoms with van der Waals surface area (Å²) in [5.74, 6) is -1.53. The van der Waals surface area contributed by atoms with Crippen molar-refractivity contribution in [2.75, 3.05) is 13.1 Å². The molecule has 2 aromatic rings. The minimum atomic E-state index is -2.11. The van der Waals surface area contributed by atoms with E-state index in [2.05, 4.69) is 0 Å². The first-order valence-electron chi connectivity index (χ1n) is 11.1. The van der Waals surface area contributed by atoms with Gasteiger partial charge in [0.25, 0.3) is 0 Å². The number of carbonyl (C=O) groups is 1. The van der Waals surface area contributed by atoms with Crippen LogP contribution in [0.1, 0.15) is 49.7 Å². The van der Waals surface area contributed by atoms with E-state index in [4.69, 9.17) is 0 Å². The fourth-order valence-corrected chi connectivity index (χ4v) is 5.99. The standard InChI is InChI=1S/C14H12O3.C11H20NO.ClH/c15-13(16)14(17,11-7-3-1-4-8-11)12-9-5-2-6-10-12;13-11-7-9-3-4-10(8-11)12(9)5-1-2-6-12;/h1-10,17H,(H,15,16);9-11,13H,1-8H2;1H/q;+1;/p-1. The van der Waals surface area contributed by atoms with Crippen molar-refractivity contribution in [3.63, 3.8) is 0 Å². The molecule has 0 saturated carbocycles. The van der Waals surface area contributed by atoms with Gasteiger partial charge in [-0.05, 0) is 11.1 Å². The van der Waals surface area contributed by atoms with Gasteiger partial charge in [0.1, 0.15) is 0 Å². The van der Waals surface area contributed by atoms with E-state index in [-0.39, 0.29) is 29.6 Å². The Kier molecular flexibility index (Phi) is 7.43. The molecule has 1 spiro atoms. The lowest BCUT2D eigenvalue weighted by Crippen LogP contribution is -2.59. The topological polar surface area (TPSA) is 80.6 Å². The Hall–Kier alpha value is -1.92. The molecule has 5 rings (SSSR count). The van der Waals surface area contributed by atoms with Crippen molar-refractivity contribution in [1.82, 2.24) is 0 Å². The van der Waals surface area contributed by atoms with Crippen LogP contribution >= 0.6 is 12.4 Å². The minimum Gasteiger partial charge on any atom is -0.546 e. The van der Waals surface area contributed by atoms with Crippen molar-refractivity contribution >= 4 is 18.4 Å². The predicted molar refractivity (Wildman–Crippen MR) is 119 cm³/mol. The van der Waals surface area contributed by atoms with Gasteiger partial charge in [-0.15, -0.1) is 12.4 Å². The van der Waals surface area contributed by atoms with Crippen LogP contribution in [0.4, 0.5) is 0 Å². The fourth-order valence-electron chi connectivity index (χ4n) is 5.99. The first-order valence-corrected chi connectivity index (χ1v) is 11.1. The van der Waals surface area contributed by atoms with Gasteiger partial charge in [-0.25, -0.2) is 0 Å². The van der Waals surface area contributed by atoms with Crippen LogP contribution in [0.15, 0.2) is 60.7 Å². The lowest BCUT2D eigenvalue weighted by atomic mass is 9.86. The SMILES string of the molecule is Cl.O=C([O-])C(O)(c1ccccc1)c1ccccc1.OC1CC2CCC(C1)[N+]21CCCC1. The smallest absolute Gasteiger partial charge is 0.154 e. The molecule has 3 aliphatic rings. The van der Waals surface area contributed by atoms with Crippen LogP contribution in [0, 0.1) is 0 Å². The Morgan fingerprint density at radius 1 is 0.871 bits per heavy atom. The summed E-state index contributed by atoms with van der Waals surface area (Å²) in [5.41, 5.74) is -1.54. The normalized spacial score (nSPS) is 25.9. The molecule has 3 heterocycles. The number of carbonyl (C=O) groups excluding carboxylic acids is 1. The Balaban J connectivity index is 0.000000175. The first kappa shape index (κ1) is 23.7. The number of piperidine rings is 1. The van der Waals surface area contributed by atoms with Gasteiger partial charge in [0, 0.05) is 38.5 Å². The van der Waals surface area contributed by atoms with Crippen LogP contribution in [0.5, 0.6) is 0 Å². The number of hydrogen-bond acceptors (Lipinski definition) is 4. The van der Waals surface area contributed by atoms with Gasteiger partial charge in [-0.1, -0.05) is 60.7 Å². The molecule has 2 bridgehead atoms. The van der Waals surface area contributed by atoms with E-state index in [9.17, 15) is 20.1 Å². The Labute approximate surface area is 190 Å². The average molecular weight is 446 g/mol. The van der Waals surface area contributed by atoms with Gasteiger partial charge in [0.15, 0.2) is 5.60 Å². The van der Waals surface area contributed by atoms with Gasteiger partial charge in [0.2, 0.25) is 0 Å². The van der Waals surface area contributed by atoms with Crippen molar-refractivity contribution in [2.45, 2.75) is 62.3 Å². The molecule has 0 amide bonds. The highest BCUT2D eigenvalue weighted by Crippen LogP contribution is 2.45. The molecule has 6 heteroatoms. The van der Waals surface area contributed by atoms with E-state index in [1.165, 1.54) is 43.3 Å². The molecule has 3 aliphatic heterocycles. The third-order valence-corrected chi connectivity index (χ3v) is 7.45. The second kappa shape index (κ2) is 9.70. The zero-order valence-corrected chi connectivity index (χ0v) is 18.5. The molecule has 0 radical (unpaired) electrons. The number of aliphatic hydroxyl groups is 2. The zero-order chi connectivity index (χ0) is 21.2. The maximum Gasteiger partial charge on any atom is 0.154 e. The third kappa shape index (κ3) is 4.37. The van der Waals surface area contributed by atoms with Crippen molar-refractivity contribution in [1.29, 1.82) is 0 Å². The quantitative estimate of drug-likeness (QED) is 0.711. The molecular formula is C25H32ClNO4. The molecule has 0 aliphatic carbocycles. The Morgan fingerprint density at radius 2 is 1.29 bits per heavy atom. The number of hydrogen-bond donors (Lipinski definition) is 2. The molecule has 168 valence electrons. The van der Waals surface area contributed by atoms with Crippen LogP contribution < -0.4 is 5.11 Å². The van der Waals surface area contributed by atoms with E-state index in [1.807, 2.05) is 0 Å². The Bertz CT molecular complexity index is 799. The van der Waals surface area contributed by atoms with Gasteiger partial charge >= 0.3 is 0 Å². The van der Waals surface area contributed by atoms with Gasteiger partial charge in [-0.2, -0.15) is 0 Å². The van der Waals surface area contributed by atoms with Gasteiger partial charge in [0.05, 0.1) is 37.2 Å². The van der Waals surface area contributed by atoms with E-state index in [0.29, 0.717) is 0 Å². The monoisotopic (exact) mass is 445 g/mol. The second-order valence-corrected chi connectivity index (χ2v) is 9.00. The number of nitrogens with zero attached hydrogens (tertiary/aromatic N) is 1. The van der Waals surface area contributed by atoms with E-state index >= 15 is 0 Å². The summed E-state index contributed by atoms with van der Waals surface area (Å²) in [6.45, 7) is 2.84. The number of aliphatic carboxylic acids is 1. The second-order valence-electron chi connectivity index (χ2n) is 9.00. The Morgan fingerprint density at radius 3 is 1.68 bits per heavy atom. The van der Waals surface area contributed by atoms with Crippen molar-refractivity contribution in [3.05, 3.63) is 71.8 Å². The van der Waals surface area contributed by atoms with Crippen molar-refractivity contribution in [2.24, 2.45) is 0 Å². The van der Waals surface area contributed by atoms with Crippen LogP contribution in [-0.2, 0) is 10.4 Å². The summed E-state index contributed by atoms with van der Waals surface area (Å²) in [5, 5.41) is 31.4. The first-order chi connectivity index (χ1) is 14.5. The van der Waals surface area contributed by atoms with E-state index < -0.39 is 11.6 Å². The van der Waals surface area contributed by atoms with Gasteiger partial charge in [-0.3, -0.25) is 0 Å². The molecule has 2 N–H and O–H groups in total.